The number of carbonyl (C=O) groups is 3. The molecule has 0 spiro atoms. The van der Waals surface area contributed by atoms with E-state index >= 15 is 0 Å². The lowest BCUT2D eigenvalue weighted by molar-refractivity contribution is -0.128. The van der Waals surface area contributed by atoms with Gasteiger partial charge in [-0.1, -0.05) is 27.5 Å². The van der Waals surface area contributed by atoms with Crippen LogP contribution in [0.5, 0.6) is 11.5 Å². The third-order valence-electron chi connectivity index (χ3n) is 6.19. The Morgan fingerprint density at radius 1 is 1.09 bits per heavy atom. The molecule has 10 heteroatoms. The number of alkyl halides is 1. The van der Waals surface area contributed by atoms with Gasteiger partial charge in [0.15, 0.2) is 11.5 Å². The van der Waals surface area contributed by atoms with E-state index in [1.54, 1.807) is 42.5 Å². The number of benzene rings is 2. The number of ether oxygens (including phenoxy) is 2. The zero-order valence-corrected chi connectivity index (χ0v) is 21.1. The summed E-state index contributed by atoms with van der Waals surface area (Å²) in [5, 5.41) is 3.32. The van der Waals surface area contributed by atoms with Crippen LogP contribution >= 0.6 is 27.5 Å². The van der Waals surface area contributed by atoms with Gasteiger partial charge in [0.05, 0.1) is 25.8 Å². The number of fused-ring (bicyclic) bond motifs is 1. The molecule has 8 nitrogen and oxygen atoms in total. The Labute approximate surface area is 211 Å². The Morgan fingerprint density at radius 3 is 2.47 bits per heavy atom. The number of amides is 4. The van der Waals surface area contributed by atoms with E-state index in [-0.39, 0.29) is 29.2 Å². The molecule has 0 radical (unpaired) electrons. The molecule has 3 unspecified atom stereocenters. The smallest absolute Gasteiger partial charge is 0.332 e. The number of nitrogens with zero attached hydrogens (tertiary/aromatic N) is 2. The lowest BCUT2D eigenvalue weighted by Gasteiger charge is -2.47. The normalized spacial score (nSPS) is 22.3. The zero-order chi connectivity index (χ0) is 24.4. The summed E-state index contributed by atoms with van der Waals surface area (Å²) in [7, 11) is 3.04. The van der Waals surface area contributed by atoms with E-state index in [2.05, 4.69) is 21.2 Å². The molecular formula is C24H25BrClN3O5. The van der Waals surface area contributed by atoms with Crippen LogP contribution in [0.3, 0.4) is 0 Å². The lowest BCUT2D eigenvalue weighted by Crippen LogP contribution is -2.64. The minimum atomic E-state index is -0.510. The van der Waals surface area contributed by atoms with Crippen LogP contribution < -0.4 is 19.7 Å². The van der Waals surface area contributed by atoms with Crippen LogP contribution in [0.15, 0.2) is 42.5 Å². The van der Waals surface area contributed by atoms with Crippen LogP contribution in [0, 0.1) is 5.92 Å². The number of rotatable bonds is 6. The van der Waals surface area contributed by atoms with E-state index in [1.165, 1.54) is 19.1 Å². The quantitative estimate of drug-likeness (QED) is 0.527. The van der Waals surface area contributed by atoms with E-state index < -0.39 is 11.9 Å². The molecule has 34 heavy (non-hydrogen) atoms. The van der Waals surface area contributed by atoms with Gasteiger partial charge in [-0.3, -0.25) is 9.59 Å². The monoisotopic (exact) mass is 549 g/mol. The van der Waals surface area contributed by atoms with Gasteiger partial charge in [0, 0.05) is 27.6 Å². The summed E-state index contributed by atoms with van der Waals surface area (Å²) < 4.78 is 10.5. The summed E-state index contributed by atoms with van der Waals surface area (Å²) in [5.41, 5.74) is 0.943. The van der Waals surface area contributed by atoms with Crippen molar-refractivity contribution in [2.75, 3.05) is 31.0 Å². The van der Waals surface area contributed by atoms with Crippen molar-refractivity contribution in [2.45, 2.75) is 30.1 Å². The number of carbonyl (C=O) groups excluding carboxylic acids is 3. The van der Waals surface area contributed by atoms with Gasteiger partial charge in [0.1, 0.15) is 6.54 Å². The predicted molar refractivity (Wildman–Crippen MR) is 133 cm³/mol. The van der Waals surface area contributed by atoms with Crippen molar-refractivity contribution in [3.63, 3.8) is 0 Å². The Kier molecular flexibility index (Phi) is 7.33. The number of nitrogens with one attached hydrogen (secondary N) is 1. The van der Waals surface area contributed by atoms with Crippen LogP contribution in [0.1, 0.15) is 19.3 Å². The van der Waals surface area contributed by atoms with Crippen LogP contribution in [-0.2, 0) is 9.59 Å². The molecule has 2 aliphatic rings. The third kappa shape index (κ3) is 4.86. The maximum absolute atomic E-state index is 13.5. The maximum Gasteiger partial charge on any atom is 0.332 e. The fourth-order valence-corrected chi connectivity index (χ4v) is 5.35. The number of hydrogen-bond acceptors (Lipinski definition) is 5. The number of halogens is 2. The van der Waals surface area contributed by atoms with E-state index in [0.29, 0.717) is 40.7 Å². The largest absolute Gasteiger partial charge is 0.493 e. The molecule has 2 fully saturated rings. The predicted octanol–water partition coefficient (Wildman–Crippen LogP) is 4.70. The molecule has 1 N–H and O–H groups in total. The van der Waals surface area contributed by atoms with Crippen molar-refractivity contribution in [3.8, 4) is 11.5 Å². The first kappa shape index (κ1) is 24.3. The van der Waals surface area contributed by atoms with Gasteiger partial charge in [-0.2, -0.15) is 0 Å². The SMILES string of the molecule is COc1ccc(NC(=O)CN2C(=O)N(c3ccc(Cl)cc3)C(=O)C3CC(Br)CCC32)cc1OC. The number of hydrogen-bond donors (Lipinski definition) is 1. The van der Waals surface area contributed by atoms with Crippen LogP contribution in [-0.4, -0.2) is 54.4 Å². The van der Waals surface area contributed by atoms with Crippen LogP contribution in [0.2, 0.25) is 5.02 Å². The maximum atomic E-state index is 13.5. The molecule has 4 rings (SSSR count). The Bertz CT molecular complexity index is 1100. The van der Waals surface area contributed by atoms with Crippen molar-refractivity contribution in [2.24, 2.45) is 5.92 Å². The summed E-state index contributed by atoms with van der Waals surface area (Å²) >= 11 is 9.62. The van der Waals surface area contributed by atoms with Gasteiger partial charge < -0.3 is 19.7 Å². The van der Waals surface area contributed by atoms with Gasteiger partial charge in [0.25, 0.3) is 0 Å². The number of urea groups is 1. The molecule has 2 aromatic rings. The Balaban J connectivity index is 1.58. The van der Waals surface area contributed by atoms with Gasteiger partial charge in [-0.25, -0.2) is 9.69 Å². The second kappa shape index (κ2) is 10.2. The van der Waals surface area contributed by atoms with Crippen molar-refractivity contribution in [1.82, 2.24) is 4.90 Å². The molecule has 0 bridgehead atoms. The van der Waals surface area contributed by atoms with Gasteiger partial charge in [0.2, 0.25) is 11.8 Å². The fraction of sp³-hybridized carbons (Fsp3) is 0.375. The molecule has 4 amide bonds. The first-order valence-corrected chi connectivity index (χ1v) is 12.2. The van der Waals surface area contributed by atoms with Gasteiger partial charge in [-0.05, 0) is 55.7 Å². The van der Waals surface area contributed by atoms with E-state index in [9.17, 15) is 14.4 Å². The van der Waals surface area contributed by atoms with Gasteiger partial charge >= 0.3 is 6.03 Å². The topological polar surface area (TPSA) is 88.2 Å². The zero-order valence-electron chi connectivity index (χ0n) is 18.8. The lowest BCUT2D eigenvalue weighted by atomic mass is 9.81. The van der Waals surface area contributed by atoms with Crippen molar-refractivity contribution < 1.29 is 23.9 Å². The Hall–Kier alpha value is -2.78. The van der Waals surface area contributed by atoms with Crippen molar-refractivity contribution in [1.29, 1.82) is 0 Å². The number of imide groups is 1. The third-order valence-corrected chi connectivity index (χ3v) is 7.27. The summed E-state index contributed by atoms with van der Waals surface area (Å²) in [5.74, 6) is -0.00753. The molecule has 180 valence electrons. The van der Waals surface area contributed by atoms with Crippen molar-refractivity contribution in [3.05, 3.63) is 47.5 Å². The molecule has 1 heterocycles. The Morgan fingerprint density at radius 2 is 1.79 bits per heavy atom. The summed E-state index contributed by atoms with van der Waals surface area (Å²) in [6.07, 6.45) is 2.04. The van der Waals surface area contributed by atoms with Gasteiger partial charge in [-0.15, -0.1) is 0 Å². The second-order valence-corrected chi connectivity index (χ2v) is 9.99. The molecule has 0 aromatic heterocycles. The highest BCUT2D eigenvalue weighted by Gasteiger charge is 2.49. The molecule has 3 atom stereocenters. The molecule has 1 aliphatic heterocycles. The average molecular weight is 551 g/mol. The summed E-state index contributed by atoms with van der Waals surface area (Å²) in [6.45, 7) is -0.182. The van der Waals surface area contributed by atoms with E-state index in [0.717, 1.165) is 11.3 Å². The van der Waals surface area contributed by atoms with Crippen LogP contribution in [0.4, 0.5) is 16.2 Å². The fourth-order valence-electron chi connectivity index (χ4n) is 4.55. The standard InChI is InChI=1S/C24H25BrClN3O5/c1-33-20-10-6-16(12-21(20)34-2)27-22(30)13-28-19-9-3-14(25)11-18(19)23(31)29(24(28)32)17-7-4-15(26)5-8-17/h4-8,10,12,14,18-19H,3,9,11,13H2,1-2H3,(H,27,30). The molecular weight excluding hydrogens is 526 g/mol. The first-order valence-electron chi connectivity index (χ1n) is 10.9. The van der Waals surface area contributed by atoms with E-state index in [4.69, 9.17) is 21.1 Å². The molecule has 1 aliphatic carbocycles. The summed E-state index contributed by atoms with van der Waals surface area (Å²) in [6, 6.07) is 10.7. The van der Waals surface area contributed by atoms with Crippen LogP contribution in [0.25, 0.3) is 0 Å². The molecule has 2 aromatic carbocycles. The highest BCUT2D eigenvalue weighted by Crippen LogP contribution is 2.39. The van der Waals surface area contributed by atoms with Crippen molar-refractivity contribution >= 4 is 56.8 Å². The average Bonchev–Trinajstić information content (AvgIpc) is 2.83. The second-order valence-electron chi connectivity index (χ2n) is 8.26. The number of anilines is 2. The minimum Gasteiger partial charge on any atom is -0.493 e. The highest BCUT2D eigenvalue weighted by molar-refractivity contribution is 9.09. The molecule has 1 saturated carbocycles. The summed E-state index contributed by atoms with van der Waals surface area (Å²) in [4.78, 5) is 42.7. The first-order chi connectivity index (χ1) is 16.3. The number of methoxy groups -OCH3 is 2. The molecule has 1 saturated heterocycles. The van der Waals surface area contributed by atoms with E-state index in [1.807, 2.05) is 0 Å². The highest BCUT2D eigenvalue weighted by atomic mass is 79.9. The minimum absolute atomic E-state index is 0.181.